The lowest BCUT2D eigenvalue weighted by Gasteiger charge is -2.05. The first-order valence-corrected chi connectivity index (χ1v) is 4.12. The van der Waals surface area contributed by atoms with E-state index in [1.54, 1.807) is 6.26 Å². The van der Waals surface area contributed by atoms with Crippen LogP contribution in [0.15, 0.2) is 21.2 Å². The van der Waals surface area contributed by atoms with E-state index in [9.17, 15) is 0 Å². The van der Waals surface area contributed by atoms with Gasteiger partial charge in [0.1, 0.15) is 12.0 Å². The molecule has 0 aliphatic rings. The Morgan fingerprint density at radius 2 is 2.45 bits per heavy atom. The number of aliphatic hydroxyl groups is 1. The fourth-order valence-electron chi connectivity index (χ4n) is 0.823. The summed E-state index contributed by atoms with van der Waals surface area (Å²) in [4.78, 5) is 0. The first kappa shape index (κ1) is 8.77. The maximum Gasteiger partial charge on any atom is 0.111 e. The lowest BCUT2D eigenvalue weighted by atomic mass is 10.1. The molecule has 0 aliphatic carbocycles. The Balaban J connectivity index is 2.73. The van der Waals surface area contributed by atoms with Gasteiger partial charge in [0.05, 0.1) is 17.0 Å². The molecule has 62 valence electrons. The van der Waals surface area contributed by atoms with Crippen molar-refractivity contribution in [1.29, 1.82) is 0 Å². The molecule has 0 radical (unpaired) electrons. The summed E-state index contributed by atoms with van der Waals surface area (Å²) in [5.41, 5.74) is 5.39. The van der Waals surface area contributed by atoms with Crippen LogP contribution in [-0.2, 0) is 0 Å². The van der Waals surface area contributed by atoms with E-state index >= 15 is 0 Å². The van der Waals surface area contributed by atoms with Crippen LogP contribution >= 0.6 is 15.9 Å². The highest BCUT2D eigenvalue weighted by Crippen LogP contribution is 2.20. The molecule has 0 amide bonds. The van der Waals surface area contributed by atoms with E-state index in [4.69, 9.17) is 15.3 Å². The second kappa shape index (κ2) is 3.90. The maximum atomic E-state index is 8.83. The molecule has 0 saturated heterocycles. The predicted octanol–water partition coefficient (Wildman–Crippen LogP) is 1.08. The second-order valence-corrected chi connectivity index (χ2v) is 3.20. The summed E-state index contributed by atoms with van der Waals surface area (Å²) in [6.45, 7) is 0.424. The lowest BCUT2D eigenvalue weighted by molar-refractivity contribution is 0.252. The molecule has 0 fully saturated rings. The molecule has 3 nitrogen and oxygen atoms in total. The molecule has 1 rings (SSSR count). The second-order valence-electron chi connectivity index (χ2n) is 2.28. The van der Waals surface area contributed by atoms with Crippen LogP contribution in [0.1, 0.15) is 11.7 Å². The number of rotatable bonds is 3. The first-order chi connectivity index (χ1) is 5.27. The molecule has 1 aromatic rings. The Hall–Kier alpha value is -0.320. The average Bonchev–Trinajstić information content (AvgIpc) is 2.39. The normalized spacial score (nSPS) is 13.4. The van der Waals surface area contributed by atoms with Crippen LogP contribution in [0.2, 0.25) is 0 Å². The Bertz CT molecular complexity index is 220. The van der Waals surface area contributed by atoms with Gasteiger partial charge in [-0.05, 0) is 22.0 Å². The zero-order valence-corrected chi connectivity index (χ0v) is 7.54. The fourth-order valence-corrected chi connectivity index (χ4v) is 1.14. The Labute approximate surface area is 73.3 Å². The van der Waals surface area contributed by atoms with Crippen LogP contribution in [0.4, 0.5) is 0 Å². The van der Waals surface area contributed by atoms with Gasteiger partial charge in [0, 0.05) is 6.54 Å². The zero-order chi connectivity index (χ0) is 8.27. The number of nitrogens with two attached hydrogens (primary N) is 1. The summed E-state index contributed by atoms with van der Waals surface area (Å²) in [6.07, 6.45) is 1.58. The summed E-state index contributed by atoms with van der Waals surface area (Å²) in [7, 11) is 0. The third kappa shape index (κ3) is 2.05. The van der Waals surface area contributed by atoms with E-state index < -0.39 is 0 Å². The van der Waals surface area contributed by atoms with Gasteiger partial charge in [-0.15, -0.1) is 0 Å². The minimum atomic E-state index is -0.0821. The molecule has 1 heterocycles. The SMILES string of the molecule is NCC(CO)c1cc(Br)co1. The molecule has 4 heteroatoms. The summed E-state index contributed by atoms with van der Waals surface area (Å²) in [6, 6.07) is 1.81. The van der Waals surface area contributed by atoms with Gasteiger partial charge in [-0.3, -0.25) is 0 Å². The molecular weight excluding hydrogens is 210 g/mol. The van der Waals surface area contributed by atoms with Gasteiger partial charge in [0.2, 0.25) is 0 Å². The number of furan rings is 1. The molecule has 1 atom stereocenters. The highest BCUT2D eigenvalue weighted by atomic mass is 79.9. The van der Waals surface area contributed by atoms with E-state index in [2.05, 4.69) is 15.9 Å². The van der Waals surface area contributed by atoms with E-state index in [1.807, 2.05) is 6.07 Å². The van der Waals surface area contributed by atoms with Crippen LogP contribution in [0, 0.1) is 0 Å². The Morgan fingerprint density at radius 3 is 2.82 bits per heavy atom. The quantitative estimate of drug-likeness (QED) is 0.801. The largest absolute Gasteiger partial charge is 0.468 e. The van der Waals surface area contributed by atoms with E-state index in [-0.39, 0.29) is 12.5 Å². The van der Waals surface area contributed by atoms with Gasteiger partial charge >= 0.3 is 0 Å². The van der Waals surface area contributed by atoms with Gasteiger partial charge in [-0.25, -0.2) is 0 Å². The van der Waals surface area contributed by atoms with Crippen LogP contribution in [0.25, 0.3) is 0 Å². The molecule has 0 aromatic carbocycles. The van der Waals surface area contributed by atoms with Crippen molar-refractivity contribution in [2.75, 3.05) is 13.2 Å². The van der Waals surface area contributed by atoms with Crippen LogP contribution < -0.4 is 5.73 Å². The Morgan fingerprint density at radius 1 is 1.73 bits per heavy atom. The van der Waals surface area contributed by atoms with Crippen molar-refractivity contribution in [3.05, 3.63) is 22.6 Å². The van der Waals surface area contributed by atoms with Crippen molar-refractivity contribution >= 4 is 15.9 Å². The molecule has 0 saturated carbocycles. The Kier molecular flexibility index (Phi) is 3.11. The van der Waals surface area contributed by atoms with Gasteiger partial charge in [0.15, 0.2) is 0 Å². The molecular formula is C7H10BrNO2. The fraction of sp³-hybridized carbons (Fsp3) is 0.429. The standard InChI is InChI=1S/C7H10BrNO2/c8-6-1-7(11-4-6)5(2-9)3-10/h1,4-5,10H,2-3,9H2. The topological polar surface area (TPSA) is 59.4 Å². The molecule has 0 spiro atoms. The molecule has 0 aliphatic heterocycles. The van der Waals surface area contributed by atoms with Crippen molar-refractivity contribution in [3.8, 4) is 0 Å². The maximum absolute atomic E-state index is 8.83. The van der Waals surface area contributed by atoms with Gasteiger partial charge < -0.3 is 15.3 Å². The minimum Gasteiger partial charge on any atom is -0.468 e. The summed E-state index contributed by atoms with van der Waals surface area (Å²) >= 11 is 3.24. The smallest absolute Gasteiger partial charge is 0.111 e. The first-order valence-electron chi connectivity index (χ1n) is 3.32. The van der Waals surface area contributed by atoms with Crippen LogP contribution in [0.3, 0.4) is 0 Å². The van der Waals surface area contributed by atoms with Crippen molar-refractivity contribution < 1.29 is 9.52 Å². The lowest BCUT2D eigenvalue weighted by Crippen LogP contribution is -2.15. The van der Waals surface area contributed by atoms with Crippen molar-refractivity contribution in [3.63, 3.8) is 0 Å². The third-order valence-corrected chi connectivity index (χ3v) is 1.91. The zero-order valence-electron chi connectivity index (χ0n) is 5.96. The van der Waals surface area contributed by atoms with Gasteiger partial charge in [0.25, 0.3) is 0 Å². The summed E-state index contributed by atoms with van der Waals surface area (Å²) in [5.74, 6) is 0.642. The van der Waals surface area contributed by atoms with Gasteiger partial charge in [-0.1, -0.05) is 0 Å². The number of aliphatic hydroxyl groups excluding tert-OH is 1. The van der Waals surface area contributed by atoms with Crippen molar-refractivity contribution in [1.82, 2.24) is 0 Å². The molecule has 11 heavy (non-hydrogen) atoms. The number of hydrogen-bond donors (Lipinski definition) is 2. The molecule has 0 bridgehead atoms. The minimum absolute atomic E-state index is 0.0243. The summed E-state index contributed by atoms with van der Waals surface area (Å²) in [5, 5.41) is 8.83. The monoisotopic (exact) mass is 219 g/mol. The number of hydrogen-bond acceptors (Lipinski definition) is 3. The van der Waals surface area contributed by atoms with Crippen LogP contribution in [0.5, 0.6) is 0 Å². The van der Waals surface area contributed by atoms with Crippen molar-refractivity contribution in [2.45, 2.75) is 5.92 Å². The van der Waals surface area contributed by atoms with E-state index in [1.165, 1.54) is 0 Å². The van der Waals surface area contributed by atoms with Crippen LogP contribution in [-0.4, -0.2) is 18.3 Å². The van der Waals surface area contributed by atoms with E-state index in [0.717, 1.165) is 10.2 Å². The number of halogens is 1. The highest BCUT2D eigenvalue weighted by Gasteiger charge is 2.11. The van der Waals surface area contributed by atoms with Gasteiger partial charge in [-0.2, -0.15) is 0 Å². The highest BCUT2D eigenvalue weighted by molar-refractivity contribution is 9.10. The van der Waals surface area contributed by atoms with E-state index in [0.29, 0.717) is 6.54 Å². The third-order valence-electron chi connectivity index (χ3n) is 1.50. The average molecular weight is 220 g/mol. The van der Waals surface area contributed by atoms with Crippen molar-refractivity contribution in [2.24, 2.45) is 5.73 Å². The molecule has 1 unspecified atom stereocenters. The molecule has 1 aromatic heterocycles. The predicted molar refractivity (Wildman–Crippen MR) is 45.3 cm³/mol. The summed E-state index contributed by atoms with van der Waals surface area (Å²) < 4.78 is 6.00. The molecule has 3 N–H and O–H groups in total.